The summed E-state index contributed by atoms with van der Waals surface area (Å²) in [6.45, 7) is 1.37. The van der Waals surface area contributed by atoms with E-state index in [1.54, 1.807) is 0 Å². The molecule has 26 heavy (non-hydrogen) atoms. The Kier molecular flexibility index (Phi) is 8.10. The molecular weight excluding hydrogens is 348 g/mol. The lowest BCUT2D eigenvalue weighted by molar-refractivity contribution is -0.123. The largest absolute Gasteiger partial charge is 0.373 e. The first-order valence-corrected chi connectivity index (χ1v) is 8.98. The Hall–Kier alpha value is -1.88. The van der Waals surface area contributed by atoms with Crippen LogP contribution in [0.3, 0.4) is 0 Å². The summed E-state index contributed by atoms with van der Waals surface area (Å²) in [5.74, 6) is 0.185. The second-order valence-corrected chi connectivity index (χ2v) is 6.65. The lowest BCUT2D eigenvalue weighted by Crippen LogP contribution is -2.44. The molecule has 1 amide bonds. The number of benzene rings is 2. The van der Waals surface area contributed by atoms with Crippen LogP contribution in [0.4, 0.5) is 0 Å². The molecule has 1 saturated heterocycles. The molecule has 5 heteroatoms. The highest BCUT2D eigenvalue weighted by atomic mass is 35.5. The van der Waals surface area contributed by atoms with Crippen molar-refractivity contribution >= 4 is 18.3 Å². The summed E-state index contributed by atoms with van der Waals surface area (Å²) in [7, 11) is 0. The molecule has 3 atom stereocenters. The van der Waals surface area contributed by atoms with E-state index in [0.717, 1.165) is 25.0 Å². The first kappa shape index (κ1) is 20.4. The average molecular weight is 375 g/mol. The van der Waals surface area contributed by atoms with Crippen molar-refractivity contribution in [2.24, 2.45) is 11.7 Å². The smallest absolute Gasteiger partial charge is 0.237 e. The van der Waals surface area contributed by atoms with Gasteiger partial charge >= 0.3 is 0 Å². The zero-order valence-corrected chi connectivity index (χ0v) is 15.7. The van der Waals surface area contributed by atoms with Crippen molar-refractivity contribution in [2.45, 2.75) is 31.4 Å². The van der Waals surface area contributed by atoms with Crippen LogP contribution in [0.2, 0.25) is 0 Å². The predicted molar refractivity (Wildman–Crippen MR) is 106 cm³/mol. The molecule has 0 spiro atoms. The van der Waals surface area contributed by atoms with Gasteiger partial charge in [-0.15, -0.1) is 12.4 Å². The van der Waals surface area contributed by atoms with Crippen LogP contribution in [0.1, 0.15) is 30.1 Å². The number of nitrogens with two attached hydrogens (primary N) is 1. The van der Waals surface area contributed by atoms with E-state index in [4.69, 9.17) is 10.5 Å². The highest BCUT2D eigenvalue weighted by Gasteiger charge is 2.28. The topological polar surface area (TPSA) is 64.4 Å². The van der Waals surface area contributed by atoms with E-state index in [1.807, 2.05) is 48.5 Å². The van der Waals surface area contributed by atoms with E-state index < -0.39 is 6.04 Å². The molecule has 0 saturated carbocycles. The van der Waals surface area contributed by atoms with Crippen molar-refractivity contribution in [1.82, 2.24) is 5.32 Å². The fourth-order valence-electron chi connectivity index (χ4n) is 3.39. The van der Waals surface area contributed by atoms with Crippen LogP contribution in [-0.2, 0) is 16.0 Å². The Bertz CT molecular complexity index is 666. The number of carbonyl (C=O) groups excluding carboxylic acids is 1. The zero-order valence-electron chi connectivity index (χ0n) is 14.8. The summed E-state index contributed by atoms with van der Waals surface area (Å²) in [6.07, 6.45) is 2.67. The molecule has 1 fully saturated rings. The summed E-state index contributed by atoms with van der Waals surface area (Å²) in [5.41, 5.74) is 8.32. The van der Waals surface area contributed by atoms with Gasteiger partial charge in [0.05, 0.1) is 12.1 Å². The molecular formula is C21H27ClN2O2. The molecule has 2 aromatic rings. The molecule has 0 bridgehead atoms. The van der Waals surface area contributed by atoms with Gasteiger partial charge < -0.3 is 15.8 Å². The molecule has 1 aliphatic heterocycles. The standard InChI is InChI=1S/C21H26N2O2.ClH/c22-19(14-16-8-3-1-4-9-16)21(24)23-15-18-12-7-13-25-20(18)17-10-5-2-6-11-17;/h1-6,8-11,18-20H,7,12-15,22H2,(H,23,24);1H/t18?,19-,20?;/m0./s1. The molecule has 0 aromatic heterocycles. The Morgan fingerprint density at radius 3 is 2.46 bits per heavy atom. The Morgan fingerprint density at radius 1 is 1.12 bits per heavy atom. The number of carbonyl (C=O) groups is 1. The minimum Gasteiger partial charge on any atom is -0.373 e. The van der Waals surface area contributed by atoms with Gasteiger partial charge in [-0.1, -0.05) is 60.7 Å². The van der Waals surface area contributed by atoms with Crippen molar-refractivity contribution in [3.8, 4) is 0 Å². The van der Waals surface area contributed by atoms with Crippen molar-refractivity contribution in [3.05, 3.63) is 71.8 Å². The monoisotopic (exact) mass is 374 g/mol. The van der Waals surface area contributed by atoms with E-state index in [-0.39, 0.29) is 30.3 Å². The number of rotatable bonds is 6. The minimum atomic E-state index is -0.526. The van der Waals surface area contributed by atoms with E-state index in [0.29, 0.717) is 13.0 Å². The first-order chi connectivity index (χ1) is 12.2. The fourth-order valence-corrected chi connectivity index (χ4v) is 3.39. The Balaban J connectivity index is 0.00000243. The van der Waals surface area contributed by atoms with Crippen LogP contribution in [0.25, 0.3) is 0 Å². The van der Waals surface area contributed by atoms with E-state index in [2.05, 4.69) is 17.4 Å². The summed E-state index contributed by atoms with van der Waals surface area (Å²) in [6, 6.07) is 19.6. The van der Waals surface area contributed by atoms with Gasteiger partial charge in [0, 0.05) is 19.1 Å². The zero-order chi connectivity index (χ0) is 17.5. The summed E-state index contributed by atoms with van der Waals surface area (Å²) in [4.78, 5) is 12.4. The van der Waals surface area contributed by atoms with E-state index in [9.17, 15) is 4.79 Å². The normalized spacial score (nSPS) is 20.7. The number of amides is 1. The molecule has 2 aromatic carbocycles. The van der Waals surface area contributed by atoms with Crippen LogP contribution in [0.5, 0.6) is 0 Å². The molecule has 3 N–H and O–H groups in total. The summed E-state index contributed by atoms with van der Waals surface area (Å²) < 4.78 is 5.98. The van der Waals surface area contributed by atoms with Crippen LogP contribution < -0.4 is 11.1 Å². The first-order valence-electron chi connectivity index (χ1n) is 8.98. The maximum absolute atomic E-state index is 12.4. The van der Waals surface area contributed by atoms with Gasteiger partial charge in [-0.3, -0.25) is 4.79 Å². The van der Waals surface area contributed by atoms with Crippen LogP contribution in [-0.4, -0.2) is 25.1 Å². The lowest BCUT2D eigenvalue weighted by Gasteiger charge is -2.32. The van der Waals surface area contributed by atoms with E-state index >= 15 is 0 Å². The third-order valence-corrected chi connectivity index (χ3v) is 4.75. The molecule has 0 radical (unpaired) electrons. The van der Waals surface area contributed by atoms with Gasteiger partial charge in [0.25, 0.3) is 0 Å². The molecule has 2 unspecified atom stereocenters. The second kappa shape index (κ2) is 10.3. The maximum atomic E-state index is 12.4. The highest BCUT2D eigenvalue weighted by molar-refractivity contribution is 5.85. The van der Waals surface area contributed by atoms with Gasteiger partial charge in [0.15, 0.2) is 0 Å². The number of ether oxygens (including phenoxy) is 1. The fraction of sp³-hybridized carbons (Fsp3) is 0.381. The third-order valence-electron chi connectivity index (χ3n) is 4.75. The molecule has 1 aliphatic rings. The van der Waals surface area contributed by atoms with Gasteiger partial charge in [-0.2, -0.15) is 0 Å². The molecule has 1 heterocycles. The SMILES string of the molecule is Cl.N[C@@H](Cc1ccccc1)C(=O)NCC1CCCOC1c1ccccc1. The second-order valence-electron chi connectivity index (χ2n) is 6.65. The highest BCUT2D eigenvalue weighted by Crippen LogP contribution is 2.33. The average Bonchev–Trinajstić information content (AvgIpc) is 2.68. The molecule has 4 nitrogen and oxygen atoms in total. The predicted octanol–water partition coefficient (Wildman–Crippen LogP) is 3.26. The Labute approximate surface area is 161 Å². The lowest BCUT2D eigenvalue weighted by atomic mass is 9.89. The molecule has 3 rings (SSSR count). The van der Waals surface area contributed by atoms with Crippen molar-refractivity contribution in [2.75, 3.05) is 13.2 Å². The van der Waals surface area contributed by atoms with E-state index in [1.165, 1.54) is 5.56 Å². The van der Waals surface area contributed by atoms with Gasteiger partial charge in [0.1, 0.15) is 0 Å². The number of nitrogens with one attached hydrogen (secondary N) is 1. The number of hydrogen-bond acceptors (Lipinski definition) is 3. The number of halogens is 1. The van der Waals surface area contributed by atoms with Gasteiger partial charge in [0.2, 0.25) is 5.91 Å². The van der Waals surface area contributed by atoms with Crippen LogP contribution in [0, 0.1) is 5.92 Å². The minimum absolute atomic E-state index is 0. The van der Waals surface area contributed by atoms with Gasteiger partial charge in [-0.25, -0.2) is 0 Å². The maximum Gasteiger partial charge on any atom is 0.237 e. The van der Waals surface area contributed by atoms with Crippen molar-refractivity contribution < 1.29 is 9.53 Å². The summed E-state index contributed by atoms with van der Waals surface area (Å²) in [5, 5.41) is 3.03. The van der Waals surface area contributed by atoms with Gasteiger partial charge in [-0.05, 0) is 30.4 Å². The van der Waals surface area contributed by atoms with Crippen molar-refractivity contribution in [3.63, 3.8) is 0 Å². The van der Waals surface area contributed by atoms with Crippen LogP contribution in [0.15, 0.2) is 60.7 Å². The number of hydrogen-bond donors (Lipinski definition) is 2. The Morgan fingerprint density at radius 2 is 1.77 bits per heavy atom. The summed E-state index contributed by atoms with van der Waals surface area (Å²) >= 11 is 0. The molecule has 140 valence electrons. The van der Waals surface area contributed by atoms with Crippen LogP contribution >= 0.6 is 12.4 Å². The molecule has 0 aliphatic carbocycles. The van der Waals surface area contributed by atoms with Crippen molar-refractivity contribution in [1.29, 1.82) is 0 Å². The quantitative estimate of drug-likeness (QED) is 0.815. The third kappa shape index (κ3) is 5.56.